The number of aromatic amines is 1. The van der Waals surface area contributed by atoms with Gasteiger partial charge < -0.3 is 10.6 Å². The van der Waals surface area contributed by atoms with Crippen LogP contribution in [-0.2, 0) is 4.79 Å². The molecule has 1 atom stereocenters. The number of likely N-dealkylation sites (tertiary alicyclic amines) is 1. The maximum Gasteiger partial charge on any atom is 0.241 e. The molecule has 6 rings (SSSR count). The molecule has 9 heteroatoms. The molecule has 3 N–H and O–H groups in total. The van der Waals surface area contributed by atoms with Gasteiger partial charge in [0, 0.05) is 28.5 Å². The van der Waals surface area contributed by atoms with Crippen LogP contribution in [-0.4, -0.2) is 55.6 Å². The van der Waals surface area contributed by atoms with Crippen molar-refractivity contribution in [1.82, 2.24) is 30.0 Å². The molecule has 0 aliphatic carbocycles. The van der Waals surface area contributed by atoms with E-state index in [2.05, 4.69) is 30.7 Å². The highest BCUT2D eigenvalue weighted by atomic mass is 16.2. The Balaban J connectivity index is 1.34. The zero-order valence-corrected chi connectivity index (χ0v) is 19.2. The molecule has 0 radical (unpaired) electrons. The highest BCUT2D eigenvalue weighted by Gasteiger charge is 2.27. The Morgan fingerprint density at radius 3 is 2.91 bits per heavy atom. The van der Waals surface area contributed by atoms with E-state index in [9.17, 15) is 4.79 Å². The van der Waals surface area contributed by atoms with E-state index < -0.39 is 0 Å². The molecule has 0 spiro atoms. The van der Waals surface area contributed by atoms with E-state index in [1.54, 1.807) is 12.4 Å². The maximum atomic E-state index is 12.8. The molecule has 1 aliphatic rings. The summed E-state index contributed by atoms with van der Waals surface area (Å²) >= 11 is 0. The van der Waals surface area contributed by atoms with Gasteiger partial charge in [0.05, 0.1) is 23.3 Å². The average molecular weight is 465 g/mol. The van der Waals surface area contributed by atoms with Crippen LogP contribution >= 0.6 is 0 Å². The van der Waals surface area contributed by atoms with Gasteiger partial charge in [0.2, 0.25) is 5.91 Å². The Kier molecular flexibility index (Phi) is 5.31. The zero-order valence-electron chi connectivity index (χ0n) is 19.2. The van der Waals surface area contributed by atoms with Crippen LogP contribution < -0.4 is 10.6 Å². The van der Waals surface area contributed by atoms with Crippen LogP contribution in [0.5, 0.6) is 0 Å². The number of aromatic nitrogens is 5. The molecule has 0 bridgehead atoms. The van der Waals surface area contributed by atoms with Gasteiger partial charge in [-0.2, -0.15) is 5.10 Å². The highest BCUT2D eigenvalue weighted by molar-refractivity contribution is 5.96. The average Bonchev–Trinajstić information content (AvgIpc) is 3.52. The minimum Gasteiger partial charge on any atom is -0.338 e. The van der Waals surface area contributed by atoms with E-state index in [0.29, 0.717) is 17.2 Å². The lowest BCUT2D eigenvalue weighted by Crippen LogP contribution is -2.37. The largest absolute Gasteiger partial charge is 0.338 e. The predicted molar refractivity (Wildman–Crippen MR) is 136 cm³/mol. The third-order valence-electron chi connectivity index (χ3n) is 6.37. The molecule has 2 aromatic carbocycles. The van der Waals surface area contributed by atoms with Crippen LogP contribution in [0.2, 0.25) is 0 Å². The Morgan fingerprint density at radius 1 is 1.09 bits per heavy atom. The van der Waals surface area contributed by atoms with Crippen molar-refractivity contribution in [3.8, 4) is 11.4 Å². The van der Waals surface area contributed by atoms with E-state index in [-0.39, 0.29) is 11.9 Å². The molecule has 5 aromatic rings. The monoisotopic (exact) mass is 464 g/mol. The lowest BCUT2D eigenvalue weighted by atomic mass is 10.1. The van der Waals surface area contributed by atoms with Gasteiger partial charge in [-0.25, -0.2) is 9.97 Å². The number of hydrogen-bond acceptors (Lipinski definition) is 7. The van der Waals surface area contributed by atoms with E-state index >= 15 is 0 Å². The first-order valence-electron chi connectivity index (χ1n) is 11.6. The molecule has 35 heavy (non-hydrogen) atoms. The number of benzene rings is 2. The smallest absolute Gasteiger partial charge is 0.241 e. The topological polar surface area (TPSA) is 112 Å². The Hall–Kier alpha value is -4.37. The third kappa shape index (κ3) is 4.17. The fourth-order valence-corrected chi connectivity index (χ4v) is 4.54. The van der Waals surface area contributed by atoms with Crippen LogP contribution in [0, 0.1) is 0 Å². The summed E-state index contributed by atoms with van der Waals surface area (Å²) in [5, 5.41) is 14.5. The van der Waals surface area contributed by atoms with Gasteiger partial charge in [0.1, 0.15) is 5.52 Å². The number of pyridine rings is 1. The molecule has 1 fully saturated rings. The van der Waals surface area contributed by atoms with Gasteiger partial charge in [-0.3, -0.25) is 19.8 Å². The lowest BCUT2D eigenvalue weighted by Gasteiger charge is -2.18. The fraction of sp³-hybridized carbons (Fsp3) is 0.192. The molecule has 9 nitrogen and oxygen atoms in total. The van der Waals surface area contributed by atoms with Gasteiger partial charge in [-0.05, 0) is 68.9 Å². The number of hydrogen-bond donors (Lipinski definition) is 3. The fourth-order valence-electron chi connectivity index (χ4n) is 4.54. The summed E-state index contributed by atoms with van der Waals surface area (Å²) in [4.78, 5) is 28.9. The zero-order chi connectivity index (χ0) is 23.8. The summed E-state index contributed by atoms with van der Waals surface area (Å²) in [6.07, 6.45) is 5.43. The first-order valence-corrected chi connectivity index (χ1v) is 11.6. The van der Waals surface area contributed by atoms with Gasteiger partial charge >= 0.3 is 0 Å². The van der Waals surface area contributed by atoms with Crippen LogP contribution in [0.3, 0.4) is 0 Å². The number of fused-ring (bicyclic) bond motifs is 2. The number of nitrogens with one attached hydrogen (secondary N) is 3. The minimum absolute atomic E-state index is 0.0165. The molecular formula is C26H24N8O. The van der Waals surface area contributed by atoms with Gasteiger partial charge in [-0.1, -0.05) is 12.1 Å². The van der Waals surface area contributed by atoms with Crippen LogP contribution in [0.1, 0.15) is 12.8 Å². The molecular weight excluding hydrogens is 440 g/mol. The lowest BCUT2D eigenvalue weighted by molar-refractivity contribution is -0.119. The van der Waals surface area contributed by atoms with Crippen molar-refractivity contribution in [3.05, 3.63) is 67.0 Å². The number of amides is 1. The number of nitrogens with zero attached hydrogens (tertiary/aromatic N) is 5. The van der Waals surface area contributed by atoms with Crippen molar-refractivity contribution in [3.63, 3.8) is 0 Å². The standard InChI is InChI=1S/C26H24N8O/c1-34-12-4-8-22(34)26(35)30-18-6-2-5-16(13-18)24-31-21-7-3-11-27-23(21)25(32-24)29-19-9-10-20-17(14-19)15-28-33-20/h2-3,5-7,9-11,13-15,22H,4,8,12H2,1H3,(H,28,33)(H,30,35)(H,29,31,32)/t22-/m0/s1. The number of rotatable bonds is 5. The number of carbonyl (C=O) groups is 1. The van der Waals surface area contributed by atoms with Crippen molar-refractivity contribution in [2.24, 2.45) is 0 Å². The summed E-state index contributed by atoms with van der Waals surface area (Å²) in [7, 11) is 1.99. The number of carbonyl (C=O) groups excluding carboxylic acids is 1. The molecule has 1 aliphatic heterocycles. The van der Waals surface area contributed by atoms with E-state index in [1.165, 1.54) is 0 Å². The quantitative estimate of drug-likeness (QED) is 0.355. The molecule has 174 valence electrons. The first kappa shape index (κ1) is 21.2. The Labute approximate surface area is 201 Å². The second-order valence-electron chi connectivity index (χ2n) is 8.77. The maximum absolute atomic E-state index is 12.8. The second kappa shape index (κ2) is 8.77. The number of anilines is 3. The van der Waals surface area contributed by atoms with Crippen LogP contribution in [0.4, 0.5) is 17.2 Å². The SMILES string of the molecule is CN1CCC[C@H]1C(=O)Nc1cccc(-c2nc(Nc3ccc4[nH]ncc4c3)c3ncccc3n2)c1. The predicted octanol–water partition coefficient (Wildman–Crippen LogP) is 4.34. The molecule has 0 unspecified atom stereocenters. The summed E-state index contributed by atoms with van der Waals surface area (Å²) in [5.41, 5.74) is 4.77. The van der Waals surface area contributed by atoms with Crippen molar-refractivity contribution in [2.75, 3.05) is 24.2 Å². The van der Waals surface area contributed by atoms with Crippen LogP contribution in [0.25, 0.3) is 33.3 Å². The second-order valence-corrected chi connectivity index (χ2v) is 8.77. The highest BCUT2D eigenvalue weighted by Crippen LogP contribution is 2.28. The van der Waals surface area contributed by atoms with Gasteiger partial charge in [-0.15, -0.1) is 0 Å². The first-order chi connectivity index (χ1) is 17.1. The minimum atomic E-state index is -0.0926. The number of H-pyrrole nitrogens is 1. The van der Waals surface area contributed by atoms with Crippen molar-refractivity contribution >= 4 is 45.0 Å². The van der Waals surface area contributed by atoms with Crippen LogP contribution in [0.15, 0.2) is 67.0 Å². The molecule has 1 saturated heterocycles. The molecule has 4 heterocycles. The van der Waals surface area contributed by atoms with Gasteiger partial charge in [0.25, 0.3) is 0 Å². The van der Waals surface area contributed by atoms with Gasteiger partial charge in [0.15, 0.2) is 11.6 Å². The van der Waals surface area contributed by atoms with Crippen molar-refractivity contribution in [2.45, 2.75) is 18.9 Å². The molecule has 1 amide bonds. The normalized spacial score (nSPS) is 16.1. The Morgan fingerprint density at radius 2 is 2.03 bits per heavy atom. The molecule has 3 aromatic heterocycles. The summed E-state index contributed by atoms with van der Waals surface area (Å²) in [6, 6.07) is 17.3. The Bertz CT molecular complexity index is 1550. The summed E-state index contributed by atoms with van der Waals surface area (Å²) < 4.78 is 0. The summed E-state index contributed by atoms with van der Waals surface area (Å²) in [6.45, 7) is 0.945. The van der Waals surface area contributed by atoms with E-state index in [1.807, 2.05) is 61.6 Å². The van der Waals surface area contributed by atoms with Crippen molar-refractivity contribution < 1.29 is 4.79 Å². The van der Waals surface area contributed by atoms with Crippen molar-refractivity contribution in [1.29, 1.82) is 0 Å². The molecule has 0 saturated carbocycles. The third-order valence-corrected chi connectivity index (χ3v) is 6.37. The van der Waals surface area contributed by atoms with E-state index in [4.69, 9.17) is 9.97 Å². The summed E-state index contributed by atoms with van der Waals surface area (Å²) in [5.74, 6) is 1.17. The number of likely N-dealkylation sites (N-methyl/N-ethyl adjacent to an activating group) is 1. The van der Waals surface area contributed by atoms with E-state index in [0.717, 1.165) is 52.7 Å².